The van der Waals surface area contributed by atoms with Gasteiger partial charge in [0.15, 0.2) is 0 Å². The molecule has 4 amide bonds. The van der Waals surface area contributed by atoms with Crippen LogP contribution in [-0.4, -0.2) is 108 Å². The summed E-state index contributed by atoms with van der Waals surface area (Å²) in [5.74, 6) is 0.121. The molecule has 0 saturated carbocycles. The van der Waals surface area contributed by atoms with E-state index in [2.05, 4.69) is 80.3 Å². The fourth-order valence-electron chi connectivity index (χ4n) is 7.47. The maximum atomic E-state index is 14.1. The molecule has 9 nitrogen and oxygen atoms in total. The largest absolute Gasteiger partial charge is 0.370 e. The predicted octanol–water partition coefficient (Wildman–Crippen LogP) is 5.68. The van der Waals surface area contributed by atoms with E-state index in [0.29, 0.717) is 32.2 Å². The predicted molar refractivity (Wildman–Crippen MR) is 191 cm³/mol. The third kappa shape index (κ3) is 7.59. The summed E-state index contributed by atoms with van der Waals surface area (Å²) in [5, 5.41) is 2.56. The minimum Gasteiger partial charge on any atom is -0.370 e. The van der Waals surface area contributed by atoms with E-state index in [9.17, 15) is 14.4 Å². The Bertz CT molecular complexity index is 1450. The number of amides is 4. The normalized spacial score (nSPS) is 24.2. The van der Waals surface area contributed by atoms with Crippen LogP contribution in [0.15, 0.2) is 48.5 Å². The number of nitrogens with one attached hydrogen (secondary N) is 1. The van der Waals surface area contributed by atoms with Gasteiger partial charge in [0.2, 0.25) is 11.8 Å². The molecule has 6 rings (SSSR count). The van der Waals surface area contributed by atoms with Crippen LogP contribution >= 0.6 is 11.8 Å². The Kier molecular flexibility index (Phi) is 10.1. The van der Waals surface area contributed by atoms with E-state index in [4.69, 9.17) is 0 Å². The third-order valence-corrected chi connectivity index (χ3v) is 11.9. The van der Waals surface area contributed by atoms with Crippen molar-refractivity contribution in [2.24, 2.45) is 5.41 Å². The molecule has 254 valence electrons. The first-order valence-electron chi connectivity index (χ1n) is 17.4. The van der Waals surface area contributed by atoms with Gasteiger partial charge in [0.05, 0.1) is 5.25 Å². The van der Waals surface area contributed by atoms with Gasteiger partial charge in [0.1, 0.15) is 5.37 Å². The molecule has 4 aliphatic heterocycles. The maximum Gasteiger partial charge on any atom is 0.322 e. The van der Waals surface area contributed by atoms with Crippen LogP contribution in [0.25, 0.3) is 0 Å². The van der Waals surface area contributed by atoms with E-state index in [-0.39, 0.29) is 41.1 Å². The SMILES string of the molecule is CN(C)[C@H]1CCN(c2ccccc2C2SC(CC(=O)N3CCC(N4CCc5ccccc5NC4=O)CC3)C(=O)N2CCC(C)(C)C)C1. The molecule has 1 N–H and O–H groups in total. The van der Waals surface area contributed by atoms with E-state index in [1.807, 2.05) is 32.9 Å². The molecule has 0 bridgehead atoms. The number of benzene rings is 2. The van der Waals surface area contributed by atoms with Gasteiger partial charge >= 0.3 is 6.03 Å². The Morgan fingerprint density at radius 2 is 1.68 bits per heavy atom. The summed E-state index contributed by atoms with van der Waals surface area (Å²) in [5.41, 5.74) is 4.52. The number of nitrogens with zero attached hydrogens (tertiary/aromatic N) is 5. The van der Waals surface area contributed by atoms with Crippen molar-refractivity contribution in [2.75, 3.05) is 63.6 Å². The van der Waals surface area contributed by atoms with E-state index in [1.54, 1.807) is 11.8 Å². The number of para-hydroxylation sites is 2. The highest BCUT2D eigenvalue weighted by molar-refractivity contribution is 8.01. The minimum atomic E-state index is -0.402. The second-order valence-electron chi connectivity index (χ2n) is 15.1. The second kappa shape index (κ2) is 14.1. The number of hydrogen-bond donors (Lipinski definition) is 1. The number of piperidine rings is 1. The van der Waals surface area contributed by atoms with Crippen molar-refractivity contribution in [1.82, 2.24) is 19.6 Å². The summed E-state index contributed by atoms with van der Waals surface area (Å²) in [7, 11) is 4.30. The number of anilines is 2. The average molecular weight is 661 g/mol. The quantitative estimate of drug-likeness (QED) is 0.393. The summed E-state index contributed by atoms with van der Waals surface area (Å²) in [6.07, 6.45) is 4.55. The Morgan fingerprint density at radius 1 is 0.957 bits per heavy atom. The monoisotopic (exact) mass is 660 g/mol. The lowest BCUT2D eigenvalue weighted by Gasteiger charge is -2.38. The van der Waals surface area contributed by atoms with Crippen LogP contribution in [0.5, 0.6) is 0 Å². The van der Waals surface area contributed by atoms with Gasteiger partial charge in [-0.1, -0.05) is 57.2 Å². The Hall–Kier alpha value is -3.24. The number of thioether (sulfide) groups is 1. The van der Waals surface area contributed by atoms with E-state index in [1.165, 1.54) is 11.3 Å². The number of likely N-dealkylation sites (N-methyl/N-ethyl adjacent to an activating group) is 1. The summed E-state index contributed by atoms with van der Waals surface area (Å²) >= 11 is 1.65. The topological polar surface area (TPSA) is 79.4 Å². The summed E-state index contributed by atoms with van der Waals surface area (Å²) < 4.78 is 0. The van der Waals surface area contributed by atoms with Crippen molar-refractivity contribution in [2.45, 2.75) is 82.0 Å². The van der Waals surface area contributed by atoms with Crippen molar-refractivity contribution < 1.29 is 14.4 Å². The van der Waals surface area contributed by atoms with Crippen molar-refractivity contribution in [3.8, 4) is 0 Å². The van der Waals surface area contributed by atoms with Crippen molar-refractivity contribution in [1.29, 1.82) is 0 Å². The number of hydrogen-bond acceptors (Lipinski definition) is 6. The molecule has 4 aliphatic rings. The molecule has 2 aromatic rings. The Balaban J connectivity index is 1.11. The minimum absolute atomic E-state index is 0.0418. The molecule has 3 fully saturated rings. The highest BCUT2D eigenvalue weighted by atomic mass is 32.2. The van der Waals surface area contributed by atoms with Crippen LogP contribution in [0.3, 0.4) is 0 Å². The molecule has 0 aromatic heterocycles. The lowest BCUT2D eigenvalue weighted by atomic mass is 9.92. The molecular formula is C37H52N6O3S. The van der Waals surface area contributed by atoms with Crippen LogP contribution in [0, 0.1) is 5.41 Å². The van der Waals surface area contributed by atoms with Crippen LogP contribution in [0.1, 0.15) is 69.4 Å². The lowest BCUT2D eigenvalue weighted by Crippen LogP contribution is -2.50. The van der Waals surface area contributed by atoms with E-state index in [0.717, 1.165) is 56.4 Å². The summed E-state index contributed by atoms with van der Waals surface area (Å²) in [6, 6.07) is 17.1. The molecule has 2 aromatic carbocycles. The van der Waals surface area contributed by atoms with Gasteiger partial charge in [-0.15, -0.1) is 11.8 Å². The van der Waals surface area contributed by atoms with Crippen LogP contribution in [0.4, 0.5) is 16.2 Å². The molecule has 3 saturated heterocycles. The molecule has 0 aliphatic carbocycles. The van der Waals surface area contributed by atoms with Gasteiger partial charge in [0, 0.05) is 74.7 Å². The maximum absolute atomic E-state index is 14.1. The van der Waals surface area contributed by atoms with Crippen molar-refractivity contribution >= 4 is 41.0 Å². The number of urea groups is 1. The van der Waals surface area contributed by atoms with Gasteiger partial charge < -0.3 is 29.8 Å². The zero-order chi connectivity index (χ0) is 33.3. The van der Waals surface area contributed by atoms with Crippen LogP contribution in [0.2, 0.25) is 0 Å². The number of carbonyl (C=O) groups excluding carboxylic acids is 3. The zero-order valence-corrected chi connectivity index (χ0v) is 29.6. The summed E-state index contributed by atoms with van der Waals surface area (Å²) in [6.45, 7) is 11.2. The number of likely N-dealkylation sites (tertiary alicyclic amines) is 1. The fourth-order valence-corrected chi connectivity index (χ4v) is 8.97. The molecule has 4 heterocycles. The first-order chi connectivity index (χ1) is 22.5. The highest BCUT2D eigenvalue weighted by Gasteiger charge is 2.44. The van der Waals surface area contributed by atoms with Gasteiger partial charge in [-0.2, -0.15) is 0 Å². The van der Waals surface area contributed by atoms with Gasteiger partial charge in [-0.3, -0.25) is 9.59 Å². The summed E-state index contributed by atoms with van der Waals surface area (Å²) in [4.78, 5) is 51.6. The van der Waals surface area contributed by atoms with Crippen molar-refractivity contribution in [3.05, 3.63) is 59.7 Å². The first kappa shape index (κ1) is 33.7. The van der Waals surface area contributed by atoms with Crippen LogP contribution in [-0.2, 0) is 16.0 Å². The van der Waals surface area contributed by atoms with Gasteiger partial charge in [0.25, 0.3) is 0 Å². The smallest absolute Gasteiger partial charge is 0.322 e. The molecule has 0 radical (unpaired) electrons. The van der Waals surface area contributed by atoms with E-state index < -0.39 is 5.25 Å². The molecule has 47 heavy (non-hydrogen) atoms. The molecule has 3 atom stereocenters. The number of rotatable bonds is 8. The van der Waals surface area contributed by atoms with Gasteiger partial charge in [-0.25, -0.2) is 4.79 Å². The number of fused-ring (bicyclic) bond motifs is 1. The van der Waals surface area contributed by atoms with Crippen molar-refractivity contribution in [3.63, 3.8) is 0 Å². The molecule has 0 spiro atoms. The molecule has 2 unspecified atom stereocenters. The second-order valence-corrected chi connectivity index (χ2v) is 16.4. The van der Waals surface area contributed by atoms with E-state index >= 15 is 0 Å². The Labute approximate surface area is 285 Å². The average Bonchev–Trinajstić information content (AvgIpc) is 3.61. The number of carbonyl (C=O) groups is 3. The molecule has 10 heteroatoms. The highest BCUT2D eigenvalue weighted by Crippen LogP contribution is 2.48. The lowest BCUT2D eigenvalue weighted by molar-refractivity contribution is -0.137. The fraction of sp³-hybridized carbons (Fsp3) is 0.595. The van der Waals surface area contributed by atoms with Gasteiger partial charge in [-0.05, 0) is 69.3 Å². The molecular weight excluding hydrogens is 609 g/mol. The Morgan fingerprint density at radius 3 is 2.40 bits per heavy atom. The zero-order valence-electron chi connectivity index (χ0n) is 28.8. The first-order valence-corrected chi connectivity index (χ1v) is 18.3. The standard InChI is InChI=1S/C37H52N6O3S/c1-37(2,3)18-23-43-34(45)32(47-35(43)29-11-7-9-13-31(29)41-21-17-28(25-41)39(4)5)24-33(44)40-19-15-27(16-20-40)42-22-14-26-10-6-8-12-30(26)38-36(42)46/h6-13,27-28,32,35H,14-25H2,1-5H3,(H,38,46)/t28-,32?,35?/m0/s1. The third-order valence-electron chi connectivity index (χ3n) is 10.4. The van der Waals surface area contributed by atoms with Crippen LogP contribution < -0.4 is 10.2 Å².